The van der Waals surface area contributed by atoms with Crippen LogP contribution in [-0.4, -0.2) is 35.4 Å². The van der Waals surface area contributed by atoms with Gasteiger partial charge in [-0.05, 0) is 61.3 Å². The topological polar surface area (TPSA) is 80.7 Å². The molecule has 0 saturated heterocycles. The second-order valence-electron chi connectivity index (χ2n) is 9.63. The SMILES string of the molecule is CC(=O)OCC(=O)C1=CC[C@H]2[C@@H]3CCC4=CC(=O)CC[C@]4(C)[C@H]3[C@H](O)C[C@]12C. The third-order valence-corrected chi connectivity index (χ3v) is 8.18. The molecule has 2 saturated carbocycles. The van der Waals surface area contributed by atoms with E-state index in [0.717, 1.165) is 31.3 Å². The number of carbonyl (C=O) groups is 3. The predicted octanol–water partition coefficient (Wildman–Crippen LogP) is 3.16. The molecule has 0 radical (unpaired) electrons. The van der Waals surface area contributed by atoms with Gasteiger partial charge in [0.1, 0.15) is 0 Å². The number of hydrogen-bond acceptors (Lipinski definition) is 5. The molecule has 2 fully saturated rings. The normalized spacial score (nSPS) is 41.9. The number of hydrogen-bond donors (Lipinski definition) is 1. The highest BCUT2D eigenvalue weighted by Crippen LogP contribution is 2.65. The third-order valence-electron chi connectivity index (χ3n) is 8.18. The molecular weight excluding hydrogens is 356 g/mol. The lowest BCUT2D eigenvalue weighted by molar-refractivity contribution is -0.146. The number of aliphatic hydroxyl groups excluding tert-OH is 1. The lowest BCUT2D eigenvalue weighted by atomic mass is 9.46. The number of Topliss-reactive ketones (excluding diaryl/α,β-unsaturated/α-hetero) is 1. The van der Waals surface area contributed by atoms with Gasteiger partial charge >= 0.3 is 5.97 Å². The molecule has 4 rings (SSSR count). The fourth-order valence-electron chi connectivity index (χ4n) is 6.93. The van der Waals surface area contributed by atoms with Crippen molar-refractivity contribution in [2.24, 2.45) is 28.6 Å². The van der Waals surface area contributed by atoms with Crippen molar-refractivity contribution in [3.63, 3.8) is 0 Å². The van der Waals surface area contributed by atoms with Crippen molar-refractivity contribution in [3.8, 4) is 0 Å². The van der Waals surface area contributed by atoms with Crippen LogP contribution in [0.25, 0.3) is 0 Å². The van der Waals surface area contributed by atoms with Crippen molar-refractivity contribution < 1.29 is 24.2 Å². The number of rotatable bonds is 3. The molecule has 4 aliphatic rings. The molecule has 0 spiro atoms. The first-order valence-electron chi connectivity index (χ1n) is 10.5. The Kier molecular flexibility index (Phi) is 4.65. The summed E-state index contributed by atoms with van der Waals surface area (Å²) in [5, 5.41) is 11.3. The van der Waals surface area contributed by atoms with Crippen LogP contribution >= 0.6 is 0 Å². The van der Waals surface area contributed by atoms with Crippen LogP contribution in [-0.2, 0) is 19.1 Å². The molecule has 5 nitrogen and oxygen atoms in total. The summed E-state index contributed by atoms with van der Waals surface area (Å²) in [5.74, 6) is 0.394. The quantitative estimate of drug-likeness (QED) is 0.754. The highest BCUT2D eigenvalue weighted by Gasteiger charge is 2.60. The van der Waals surface area contributed by atoms with Crippen LogP contribution < -0.4 is 0 Å². The molecule has 0 bridgehead atoms. The summed E-state index contributed by atoms with van der Waals surface area (Å²) in [6.45, 7) is 5.40. The second kappa shape index (κ2) is 6.65. The number of ketones is 2. The summed E-state index contributed by atoms with van der Waals surface area (Å²) in [4.78, 5) is 35.8. The van der Waals surface area contributed by atoms with Gasteiger partial charge in [0.15, 0.2) is 18.2 Å². The standard InChI is InChI=1S/C23H30O5/c1-13(24)28-12-20(27)18-7-6-17-16-5-4-14-10-15(25)8-9-22(14,2)21(16)19(26)11-23(17,18)3/h7,10,16-17,19,21,26H,4-6,8-9,11-12H2,1-3H3/t16-,17-,19+,21+,22-,23-/m0/s1. The van der Waals surface area contributed by atoms with Gasteiger partial charge in [0.2, 0.25) is 0 Å². The number of allylic oxidation sites excluding steroid dienone is 3. The lowest BCUT2D eigenvalue weighted by Gasteiger charge is -2.59. The van der Waals surface area contributed by atoms with E-state index in [1.165, 1.54) is 12.5 Å². The van der Waals surface area contributed by atoms with Crippen molar-refractivity contribution in [1.29, 1.82) is 0 Å². The van der Waals surface area contributed by atoms with Crippen molar-refractivity contribution in [2.75, 3.05) is 6.61 Å². The molecule has 6 atom stereocenters. The summed E-state index contributed by atoms with van der Waals surface area (Å²) in [5.41, 5.74) is 1.44. The zero-order valence-electron chi connectivity index (χ0n) is 17.0. The van der Waals surface area contributed by atoms with E-state index in [0.29, 0.717) is 24.7 Å². The maximum atomic E-state index is 12.7. The molecule has 0 amide bonds. The number of ether oxygens (including phenoxy) is 1. The van der Waals surface area contributed by atoms with Crippen LogP contribution in [0.15, 0.2) is 23.3 Å². The van der Waals surface area contributed by atoms with E-state index in [2.05, 4.69) is 13.8 Å². The Bertz CT molecular complexity index is 793. The smallest absolute Gasteiger partial charge is 0.303 e. The second-order valence-corrected chi connectivity index (χ2v) is 9.63. The molecule has 0 aromatic rings. The van der Waals surface area contributed by atoms with Crippen LogP contribution in [0.1, 0.15) is 59.3 Å². The zero-order chi connectivity index (χ0) is 20.3. The fraction of sp³-hybridized carbons (Fsp3) is 0.696. The van der Waals surface area contributed by atoms with Gasteiger partial charge in [-0.3, -0.25) is 14.4 Å². The molecule has 1 N–H and O–H groups in total. The van der Waals surface area contributed by atoms with Gasteiger partial charge in [-0.25, -0.2) is 0 Å². The van der Waals surface area contributed by atoms with E-state index < -0.39 is 12.1 Å². The first-order chi connectivity index (χ1) is 13.2. The van der Waals surface area contributed by atoms with Gasteiger partial charge in [-0.1, -0.05) is 25.5 Å². The summed E-state index contributed by atoms with van der Waals surface area (Å²) >= 11 is 0. The van der Waals surface area contributed by atoms with Crippen LogP contribution in [0.4, 0.5) is 0 Å². The Morgan fingerprint density at radius 1 is 1.25 bits per heavy atom. The summed E-state index contributed by atoms with van der Waals surface area (Å²) in [7, 11) is 0. The largest absolute Gasteiger partial charge is 0.457 e. The molecule has 28 heavy (non-hydrogen) atoms. The van der Waals surface area contributed by atoms with Crippen molar-refractivity contribution in [3.05, 3.63) is 23.3 Å². The van der Waals surface area contributed by atoms with E-state index in [9.17, 15) is 19.5 Å². The highest BCUT2D eigenvalue weighted by atomic mass is 16.5. The molecule has 0 aliphatic heterocycles. The first kappa shape index (κ1) is 19.6. The van der Waals surface area contributed by atoms with Gasteiger partial charge in [0.25, 0.3) is 0 Å². The maximum Gasteiger partial charge on any atom is 0.303 e. The molecule has 0 unspecified atom stereocenters. The zero-order valence-corrected chi connectivity index (χ0v) is 17.0. The van der Waals surface area contributed by atoms with Gasteiger partial charge in [0.05, 0.1) is 6.10 Å². The predicted molar refractivity (Wildman–Crippen MR) is 103 cm³/mol. The van der Waals surface area contributed by atoms with Gasteiger partial charge in [-0.15, -0.1) is 0 Å². The average molecular weight is 386 g/mol. The summed E-state index contributed by atoms with van der Waals surface area (Å²) < 4.78 is 4.94. The van der Waals surface area contributed by atoms with Gasteiger partial charge < -0.3 is 9.84 Å². The Balaban J connectivity index is 1.62. The van der Waals surface area contributed by atoms with Crippen LogP contribution in [0.3, 0.4) is 0 Å². The Morgan fingerprint density at radius 3 is 2.71 bits per heavy atom. The molecule has 5 heteroatoms. The molecule has 4 aliphatic carbocycles. The van der Waals surface area contributed by atoms with E-state index in [1.807, 2.05) is 12.2 Å². The molecule has 152 valence electrons. The van der Waals surface area contributed by atoms with Crippen molar-refractivity contribution in [1.82, 2.24) is 0 Å². The van der Waals surface area contributed by atoms with Gasteiger partial charge in [0, 0.05) is 24.3 Å². The lowest BCUT2D eigenvalue weighted by Crippen LogP contribution is -2.56. The summed E-state index contributed by atoms with van der Waals surface area (Å²) in [6, 6.07) is 0. The van der Waals surface area contributed by atoms with Gasteiger partial charge in [-0.2, -0.15) is 0 Å². The minimum atomic E-state index is -0.504. The summed E-state index contributed by atoms with van der Waals surface area (Å²) in [6.07, 6.45) is 7.96. The average Bonchev–Trinajstić information content (AvgIpc) is 2.96. The van der Waals surface area contributed by atoms with E-state index in [4.69, 9.17) is 4.74 Å². The molecule has 0 aromatic heterocycles. The van der Waals surface area contributed by atoms with Crippen molar-refractivity contribution >= 4 is 17.5 Å². The number of esters is 1. The Labute approximate surface area is 166 Å². The number of carbonyl (C=O) groups excluding carboxylic acids is 3. The first-order valence-corrected chi connectivity index (χ1v) is 10.5. The molecule has 0 heterocycles. The van der Waals surface area contributed by atoms with E-state index in [-0.39, 0.29) is 34.9 Å². The van der Waals surface area contributed by atoms with Crippen LogP contribution in [0.5, 0.6) is 0 Å². The van der Waals surface area contributed by atoms with Crippen LogP contribution in [0, 0.1) is 28.6 Å². The molecular formula is C23H30O5. The highest BCUT2D eigenvalue weighted by molar-refractivity contribution is 5.99. The Hall–Kier alpha value is -1.75. The van der Waals surface area contributed by atoms with Crippen LogP contribution in [0.2, 0.25) is 0 Å². The fourth-order valence-corrected chi connectivity index (χ4v) is 6.93. The molecule has 0 aromatic carbocycles. The monoisotopic (exact) mass is 386 g/mol. The van der Waals surface area contributed by atoms with Crippen molar-refractivity contribution in [2.45, 2.75) is 65.4 Å². The van der Waals surface area contributed by atoms with E-state index in [1.54, 1.807) is 0 Å². The minimum absolute atomic E-state index is 0.123. The third kappa shape index (κ3) is 2.81. The number of fused-ring (bicyclic) bond motifs is 5. The maximum absolute atomic E-state index is 12.7. The van der Waals surface area contributed by atoms with E-state index >= 15 is 0 Å². The Morgan fingerprint density at radius 2 is 2.00 bits per heavy atom. The number of aliphatic hydroxyl groups is 1. The minimum Gasteiger partial charge on any atom is -0.457 e.